The molecule has 1 aliphatic heterocycles. The van der Waals surface area contributed by atoms with Crippen molar-refractivity contribution in [3.63, 3.8) is 0 Å². The van der Waals surface area contributed by atoms with Crippen LogP contribution in [0.2, 0.25) is 5.02 Å². The van der Waals surface area contributed by atoms with E-state index in [-0.39, 0.29) is 16.4 Å². The third-order valence-corrected chi connectivity index (χ3v) is 3.71. The molecular formula is C13H18ClFN2. The fraction of sp³-hybridized carbons (Fsp3) is 0.538. The van der Waals surface area contributed by atoms with Gasteiger partial charge in [-0.25, -0.2) is 4.39 Å². The first kappa shape index (κ1) is 12.7. The van der Waals surface area contributed by atoms with E-state index < -0.39 is 0 Å². The third-order valence-electron chi connectivity index (χ3n) is 3.42. The molecule has 1 aromatic rings. The molecule has 94 valence electrons. The van der Waals surface area contributed by atoms with Gasteiger partial charge in [0.25, 0.3) is 0 Å². The molecule has 0 bridgehead atoms. The molecule has 1 aliphatic rings. The molecule has 4 heteroatoms. The molecule has 1 heterocycles. The number of hydrogen-bond donors (Lipinski definition) is 1. The lowest BCUT2D eigenvalue weighted by Crippen LogP contribution is -2.33. The molecule has 1 unspecified atom stereocenters. The predicted molar refractivity (Wildman–Crippen MR) is 70.3 cm³/mol. The Morgan fingerprint density at radius 3 is 2.71 bits per heavy atom. The quantitative estimate of drug-likeness (QED) is 0.875. The van der Waals surface area contributed by atoms with Gasteiger partial charge in [0.1, 0.15) is 5.82 Å². The van der Waals surface area contributed by atoms with Crippen LogP contribution in [0.15, 0.2) is 18.2 Å². The highest BCUT2D eigenvalue weighted by Crippen LogP contribution is 2.28. The Morgan fingerprint density at radius 2 is 2.18 bits per heavy atom. The molecule has 1 fully saturated rings. The maximum Gasteiger partial charge on any atom is 0.141 e. The predicted octanol–water partition coefficient (Wildman–Crippen LogP) is 3.06. The summed E-state index contributed by atoms with van der Waals surface area (Å²) >= 11 is 5.80. The van der Waals surface area contributed by atoms with Gasteiger partial charge in [-0.05, 0) is 38.5 Å². The van der Waals surface area contributed by atoms with Gasteiger partial charge in [-0.3, -0.25) is 0 Å². The number of nitrogens with one attached hydrogen (secondary N) is 1. The molecule has 0 radical (unpaired) electrons. The Morgan fingerprint density at radius 1 is 1.47 bits per heavy atom. The van der Waals surface area contributed by atoms with Crippen molar-refractivity contribution in [1.82, 2.24) is 5.32 Å². The zero-order valence-corrected chi connectivity index (χ0v) is 11.2. The van der Waals surface area contributed by atoms with E-state index in [1.807, 2.05) is 7.05 Å². The highest BCUT2D eigenvalue weighted by atomic mass is 35.5. The van der Waals surface area contributed by atoms with Crippen LogP contribution in [0.1, 0.15) is 20.3 Å². The third kappa shape index (κ3) is 2.72. The van der Waals surface area contributed by atoms with Gasteiger partial charge in [-0.2, -0.15) is 0 Å². The Balaban J connectivity index is 2.15. The summed E-state index contributed by atoms with van der Waals surface area (Å²) < 4.78 is 13.1. The van der Waals surface area contributed by atoms with E-state index in [0.29, 0.717) is 6.04 Å². The fourth-order valence-corrected chi connectivity index (χ4v) is 2.49. The summed E-state index contributed by atoms with van der Waals surface area (Å²) in [6.07, 6.45) is 1.07. The summed E-state index contributed by atoms with van der Waals surface area (Å²) in [6.45, 7) is 5.33. The summed E-state index contributed by atoms with van der Waals surface area (Å²) in [5.41, 5.74) is 1.13. The van der Waals surface area contributed by atoms with Crippen LogP contribution < -0.4 is 10.2 Å². The Bertz CT molecular complexity index is 420. The minimum Gasteiger partial charge on any atom is -0.370 e. The number of rotatable bonds is 2. The molecule has 1 aromatic carbocycles. The van der Waals surface area contributed by atoms with E-state index >= 15 is 0 Å². The van der Waals surface area contributed by atoms with E-state index in [0.717, 1.165) is 18.7 Å². The lowest BCUT2D eigenvalue weighted by Gasteiger charge is -2.27. The SMILES string of the molecule is CN(c1ccc(F)c(Cl)c1)C1CNC(C)(C)C1. The topological polar surface area (TPSA) is 15.3 Å². The van der Waals surface area contributed by atoms with Gasteiger partial charge in [0.2, 0.25) is 0 Å². The van der Waals surface area contributed by atoms with Crippen molar-refractivity contribution in [2.24, 2.45) is 0 Å². The second-order valence-corrected chi connectivity index (χ2v) is 5.74. The molecule has 17 heavy (non-hydrogen) atoms. The minimum absolute atomic E-state index is 0.169. The van der Waals surface area contributed by atoms with Crippen molar-refractivity contribution in [3.8, 4) is 0 Å². The van der Waals surface area contributed by atoms with Gasteiger partial charge < -0.3 is 10.2 Å². The molecule has 0 spiro atoms. The standard InChI is InChI=1S/C13H18ClFN2/c1-13(2)7-10(8-16-13)17(3)9-4-5-12(15)11(14)6-9/h4-6,10,16H,7-8H2,1-3H3. The molecule has 1 saturated heterocycles. The van der Waals surface area contributed by atoms with Crippen LogP contribution in [0, 0.1) is 5.82 Å². The molecule has 1 N–H and O–H groups in total. The highest BCUT2D eigenvalue weighted by Gasteiger charge is 2.32. The zero-order valence-electron chi connectivity index (χ0n) is 10.4. The van der Waals surface area contributed by atoms with E-state index in [2.05, 4.69) is 24.1 Å². The van der Waals surface area contributed by atoms with E-state index in [1.165, 1.54) is 6.07 Å². The molecule has 1 atom stereocenters. The lowest BCUT2D eigenvalue weighted by molar-refractivity contribution is 0.454. The summed E-state index contributed by atoms with van der Waals surface area (Å²) in [6, 6.07) is 5.29. The summed E-state index contributed by atoms with van der Waals surface area (Å²) in [5.74, 6) is -0.367. The molecule has 0 aromatic heterocycles. The molecular weight excluding hydrogens is 239 g/mol. The monoisotopic (exact) mass is 256 g/mol. The Labute approximate surface area is 107 Å². The smallest absolute Gasteiger partial charge is 0.141 e. The normalized spacial score (nSPS) is 22.8. The Kier molecular flexibility index (Phi) is 3.32. The van der Waals surface area contributed by atoms with Crippen LogP contribution in [-0.2, 0) is 0 Å². The van der Waals surface area contributed by atoms with Crippen LogP contribution in [-0.4, -0.2) is 25.2 Å². The number of likely N-dealkylation sites (N-methyl/N-ethyl adjacent to an activating group) is 1. The van der Waals surface area contributed by atoms with Gasteiger partial charge in [-0.1, -0.05) is 11.6 Å². The zero-order chi connectivity index (χ0) is 12.6. The molecule has 0 amide bonds. The van der Waals surface area contributed by atoms with Gasteiger partial charge in [0.15, 0.2) is 0 Å². The average Bonchev–Trinajstić information content (AvgIpc) is 2.62. The van der Waals surface area contributed by atoms with Crippen molar-refractivity contribution in [2.75, 3.05) is 18.5 Å². The second-order valence-electron chi connectivity index (χ2n) is 5.33. The molecule has 0 aliphatic carbocycles. The van der Waals surface area contributed by atoms with Crippen molar-refractivity contribution in [3.05, 3.63) is 29.0 Å². The summed E-state index contributed by atoms with van der Waals surface area (Å²) in [5, 5.41) is 3.65. The van der Waals surface area contributed by atoms with E-state index in [1.54, 1.807) is 12.1 Å². The largest absolute Gasteiger partial charge is 0.370 e. The van der Waals surface area contributed by atoms with Crippen LogP contribution in [0.25, 0.3) is 0 Å². The van der Waals surface area contributed by atoms with Crippen molar-refractivity contribution >= 4 is 17.3 Å². The van der Waals surface area contributed by atoms with Crippen LogP contribution in [0.4, 0.5) is 10.1 Å². The minimum atomic E-state index is -0.367. The van der Waals surface area contributed by atoms with E-state index in [9.17, 15) is 4.39 Å². The van der Waals surface area contributed by atoms with Crippen molar-refractivity contribution in [1.29, 1.82) is 0 Å². The van der Waals surface area contributed by atoms with Crippen LogP contribution >= 0.6 is 11.6 Å². The van der Waals surface area contributed by atoms with E-state index in [4.69, 9.17) is 11.6 Å². The maximum atomic E-state index is 13.1. The first-order valence-electron chi connectivity index (χ1n) is 5.82. The van der Waals surface area contributed by atoms with Gasteiger partial charge >= 0.3 is 0 Å². The number of hydrogen-bond acceptors (Lipinski definition) is 2. The molecule has 2 nitrogen and oxygen atoms in total. The van der Waals surface area contributed by atoms with Crippen molar-refractivity contribution in [2.45, 2.75) is 31.8 Å². The van der Waals surface area contributed by atoms with Gasteiger partial charge in [0, 0.05) is 30.9 Å². The van der Waals surface area contributed by atoms with Gasteiger partial charge in [-0.15, -0.1) is 0 Å². The number of anilines is 1. The second kappa shape index (κ2) is 4.46. The first-order chi connectivity index (χ1) is 7.89. The maximum absolute atomic E-state index is 13.1. The van der Waals surface area contributed by atoms with Gasteiger partial charge in [0.05, 0.1) is 5.02 Å². The summed E-state index contributed by atoms with van der Waals surface area (Å²) in [4.78, 5) is 2.16. The Hall–Kier alpha value is -0.800. The fourth-order valence-electron chi connectivity index (χ4n) is 2.32. The number of benzene rings is 1. The average molecular weight is 257 g/mol. The highest BCUT2D eigenvalue weighted by molar-refractivity contribution is 6.31. The van der Waals surface area contributed by atoms with Crippen LogP contribution in [0.3, 0.4) is 0 Å². The number of halogens is 2. The number of nitrogens with zero attached hydrogens (tertiary/aromatic N) is 1. The first-order valence-corrected chi connectivity index (χ1v) is 6.20. The van der Waals surface area contributed by atoms with Crippen LogP contribution in [0.5, 0.6) is 0 Å². The van der Waals surface area contributed by atoms with Crippen molar-refractivity contribution < 1.29 is 4.39 Å². The lowest BCUT2D eigenvalue weighted by atomic mass is 10.0. The molecule has 0 saturated carbocycles. The summed E-state index contributed by atoms with van der Waals surface area (Å²) in [7, 11) is 2.03. The molecule has 2 rings (SSSR count).